The molecule has 0 radical (unpaired) electrons. The van der Waals surface area contributed by atoms with E-state index in [0.717, 1.165) is 31.9 Å². The van der Waals surface area contributed by atoms with E-state index in [1.807, 2.05) is 0 Å². The quantitative estimate of drug-likeness (QED) is 0.440. The summed E-state index contributed by atoms with van der Waals surface area (Å²) in [5.74, 6) is -0.193. The van der Waals surface area contributed by atoms with E-state index in [1.165, 1.54) is 17.4 Å². The number of thiazole rings is 1. The van der Waals surface area contributed by atoms with Crippen LogP contribution in [0.15, 0.2) is 24.0 Å². The van der Waals surface area contributed by atoms with Crippen LogP contribution in [-0.2, 0) is 4.79 Å². The van der Waals surface area contributed by atoms with Crippen LogP contribution >= 0.6 is 11.3 Å². The van der Waals surface area contributed by atoms with Crippen molar-refractivity contribution in [2.45, 2.75) is 31.7 Å². The molecule has 0 aliphatic heterocycles. The summed E-state index contributed by atoms with van der Waals surface area (Å²) in [5, 5.41) is 13.9. The Kier molecular flexibility index (Phi) is 4.17. The average molecular weight is 438 g/mol. The maximum atomic E-state index is 13.8. The van der Waals surface area contributed by atoms with Crippen molar-refractivity contribution in [2.75, 3.05) is 5.32 Å². The number of carbonyl (C=O) groups is 1. The highest BCUT2D eigenvalue weighted by Gasteiger charge is 2.47. The van der Waals surface area contributed by atoms with E-state index in [-0.39, 0.29) is 12.0 Å². The van der Waals surface area contributed by atoms with Crippen molar-refractivity contribution in [3.63, 3.8) is 0 Å². The number of halogens is 1. The van der Waals surface area contributed by atoms with Gasteiger partial charge in [-0.3, -0.25) is 4.79 Å². The molecule has 4 aromatic rings. The molecule has 0 spiro atoms. The van der Waals surface area contributed by atoms with Crippen LogP contribution in [0.5, 0.6) is 0 Å². The van der Waals surface area contributed by atoms with Gasteiger partial charge < -0.3 is 15.4 Å². The number of carboxylic acid groups (broad SMARTS) is 1. The first-order valence-corrected chi connectivity index (χ1v) is 11.2. The first-order chi connectivity index (χ1) is 15.1. The molecule has 3 aliphatic carbocycles. The molecule has 0 aromatic carbocycles. The topological polar surface area (TPSA) is 117 Å². The van der Waals surface area contributed by atoms with Crippen LogP contribution in [0.2, 0.25) is 0 Å². The van der Waals surface area contributed by atoms with Crippen LogP contribution in [-0.4, -0.2) is 42.0 Å². The third kappa shape index (κ3) is 2.96. The Hall–Kier alpha value is -3.14. The van der Waals surface area contributed by atoms with Crippen molar-refractivity contribution in [1.82, 2.24) is 24.9 Å². The maximum Gasteiger partial charge on any atom is 0.308 e. The standard InChI is InChI=1S/C21H19FN6O2S/c22-11-5-12-13(7-24-17(12)23-6-11)18-27-19(16-20(28-18)31-8-25-16)26-15-10-3-1-9(2-4-10)14(15)21(29)30/h5-10,14-15H,1-4H2,(H,23,24)(H,29,30)(H,26,27,28). The van der Waals surface area contributed by atoms with Gasteiger partial charge in [-0.05, 0) is 43.6 Å². The molecule has 2 atom stereocenters. The normalized spacial score (nSPS) is 25.3. The van der Waals surface area contributed by atoms with Crippen molar-refractivity contribution < 1.29 is 14.3 Å². The van der Waals surface area contributed by atoms with Crippen molar-refractivity contribution in [1.29, 1.82) is 0 Å². The Morgan fingerprint density at radius 1 is 1.19 bits per heavy atom. The Labute approximate surface area is 180 Å². The monoisotopic (exact) mass is 438 g/mol. The molecular formula is C21H19FN6O2S. The number of carboxylic acids is 1. The molecule has 3 fully saturated rings. The summed E-state index contributed by atoms with van der Waals surface area (Å²) in [6.45, 7) is 0. The van der Waals surface area contributed by atoms with Gasteiger partial charge in [0.1, 0.15) is 21.8 Å². The van der Waals surface area contributed by atoms with E-state index in [0.29, 0.717) is 44.5 Å². The van der Waals surface area contributed by atoms with Gasteiger partial charge in [0.2, 0.25) is 0 Å². The molecule has 7 rings (SSSR count). The van der Waals surface area contributed by atoms with Gasteiger partial charge in [0.25, 0.3) is 0 Å². The van der Waals surface area contributed by atoms with Crippen LogP contribution in [0.25, 0.3) is 32.8 Å². The van der Waals surface area contributed by atoms with Gasteiger partial charge in [0.05, 0.1) is 17.6 Å². The number of hydrogen-bond acceptors (Lipinski definition) is 7. The number of anilines is 1. The molecule has 10 heteroatoms. The van der Waals surface area contributed by atoms with Crippen LogP contribution < -0.4 is 5.32 Å². The summed E-state index contributed by atoms with van der Waals surface area (Å²) in [5.41, 5.74) is 3.52. The predicted octanol–water partition coefficient (Wildman–Crippen LogP) is 4.07. The molecule has 3 saturated carbocycles. The number of nitrogens with one attached hydrogen (secondary N) is 2. The highest BCUT2D eigenvalue weighted by atomic mass is 32.1. The lowest BCUT2D eigenvalue weighted by Gasteiger charge is -2.47. The Balaban J connectivity index is 1.46. The van der Waals surface area contributed by atoms with Gasteiger partial charge in [-0.1, -0.05) is 0 Å². The van der Waals surface area contributed by atoms with E-state index in [4.69, 9.17) is 4.98 Å². The minimum absolute atomic E-state index is 0.190. The number of rotatable bonds is 4. The number of aliphatic carboxylic acids is 1. The number of H-pyrrole nitrogens is 1. The maximum absolute atomic E-state index is 13.8. The highest BCUT2D eigenvalue weighted by Crippen LogP contribution is 2.46. The number of hydrogen-bond donors (Lipinski definition) is 3. The van der Waals surface area contributed by atoms with Gasteiger partial charge in [-0.25, -0.2) is 24.3 Å². The predicted molar refractivity (Wildman–Crippen MR) is 114 cm³/mol. The lowest BCUT2D eigenvalue weighted by Crippen LogP contribution is -2.51. The summed E-state index contributed by atoms with van der Waals surface area (Å²) in [4.78, 5) is 33.6. The zero-order valence-corrected chi connectivity index (χ0v) is 17.2. The van der Waals surface area contributed by atoms with E-state index in [2.05, 4.69) is 25.3 Å². The number of aromatic nitrogens is 5. The Morgan fingerprint density at radius 2 is 2.00 bits per heavy atom. The number of fused-ring (bicyclic) bond motifs is 5. The zero-order valence-electron chi connectivity index (χ0n) is 16.4. The molecule has 2 bridgehead atoms. The van der Waals surface area contributed by atoms with E-state index in [1.54, 1.807) is 11.7 Å². The second-order valence-electron chi connectivity index (χ2n) is 8.36. The molecule has 4 heterocycles. The lowest BCUT2D eigenvalue weighted by molar-refractivity contribution is -0.148. The SMILES string of the molecule is O=C(O)C1C2CCC(CC2)C1Nc1nc(-c2c[nH]c3ncc(F)cc23)nc2scnc12. The molecule has 158 valence electrons. The highest BCUT2D eigenvalue weighted by molar-refractivity contribution is 7.16. The van der Waals surface area contributed by atoms with Crippen molar-refractivity contribution in [3.8, 4) is 11.4 Å². The van der Waals surface area contributed by atoms with Crippen LogP contribution in [0.4, 0.5) is 10.2 Å². The first-order valence-electron chi connectivity index (χ1n) is 10.3. The minimum atomic E-state index is -0.756. The molecule has 3 aliphatic rings. The second kappa shape index (κ2) is 6.94. The summed E-state index contributed by atoms with van der Waals surface area (Å²) in [6.07, 6.45) is 6.86. The third-order valence-electron chi connectivity index (χ3n) is 6.74. The number of nitrogens with zero attached hydrogens (tertiary/aromatic N) is 4. The van der Waals surface area contributed by atoms with Gasteiger partial charge in [-0.2, -0.15) is 0 Å². The van der Waals surface area contributed by atoms with Gasteiger partial charge in [0.15, 0.2) is 11.6 Å². The van der Waals surface area contributed by atoms with Crippen LogP contribution in [0.3, 0.4) is 0 Å². The third-order valence-corrected chi connectivity index (χ3v) is 7.46. The minimum Gasteiger partial charge on any atom is -0.481 e. The smallest absolute Gasteiger partial charge is 0.308 e. The van der Waals surface area contributed by atoms with Gasteiger partial charge in [0, 0.05) is 23.2 Å². The molecule has 0 amide bonds. The summed E-state index contributed by atoms with van der Waals surface area (Å²) in [6, 6.07) is 1.21. The van der Waals surface area contributed by atoms with Crippen LogP contribution in [0, 0.1) is 23.6 Å². The van der Waals surface area contributed by atoms with Crippen LogP contribution in [0.1, 0.15) is 25.7 Å². The molecule has 0 saturated heterocycles. The fourth-order valence-electron chi connectivity index (χ4n) is 5.32. The number of pyridine rings is 1. The summed E-state index contributed by atoms with van der Waals surface area (Å²) in [7, 11) is 0. The molecule has 4 aromatic heterocycles. The van der Waals surface area contributed by atoms with Gasteiger partial charge >= 0.3 is 5.97 Å². The Bertz CT molecular complexity index is 1310. The van der Waals surface area contributed by atoms with Crippen molar-refractivity contribution in [2.24, 2.45) is 17.8 Å². The molecule has 31 heavy (non-hydrogen) atoms. The van der Waals surface area contributed by atoms with Crippen molar-refractivity contribution in [3.05, 3.63) is 29.8 Å². The summed E-state index contributed by atoms with van der Waals surface area (Å²) < 4.78 is 13.8. The second-order valence-corrected chi connectivity index (χ2v) is 9.20. The van der Waals surface area contributed by atoms with Gasteiger partial charge in [-0.15, -0.1) is 11.3 Å². The summed E-state index contributed by atoms with van der Waals surface area (Å²) >= 11 is 1.39. The fourth-order valence-corrected chi connectivity index (χ4v) is 5.97. The Morgan fingerprint density at radius 3 is 2.81 bits per heavy atom. The molecule has 8 nitrogen and oxygen atoms in total. The first kappa shape index (κ1) is 18.6. The zero-order chi connectivity index (χ0) is 21.1. The molecular weight excluding hydrogens is 419 g/mol. The van der Waals surface area contributed by atoms with Crippen molar-refractivity contribution >= 4 is 44.5 Å². The molecule has 2 unspecified atom stereocenters. The van der Waals surface area contributed by atoms with E-state index < -0.39 is 17.7 Å². The fraction of sp³-hybridized carbons (Fsp3) is 0.381. The largest absolute Gasteiger partial charge is 0.481 e. The molecule has 3 N–H and O–H groups in total. The number of aromatic amines is 1. The van der Waals surface area contributed by atoms with E-state index >= 15 is 0 Å². The average Bonchev–Trinajstić information content (AvgIpc) is 3.41. The lowest BCUT2D eigenvalue weighted by atomic mass is 9.61. The van der Waals surface area contributed by atoms with E-state index in [9.17, 15) is 14.3 Å².